The smallest absolute Gasteiger partial charge is 0.246 e. The van der Waals surface area contributed by atoms with E-state index in [1.165, 1.54) is 36.4 Å². The normalized spacial score (nSPS) is 11.3. The number of carbonyl (C=O) groups is 1. The van der Waals surface area contributed by atoms with Gasteiger partial charge in [-0.1, -0.05) is 23.4 Å². The second kappa shape index (κ2) is 8.09. The summed E-state index contributed by atoms with van der Waals surface area (Å²) in [6.45, 7) is -0.0294. The molecule has 0 aliphatic rings. The number of nitrogens with one attached hydrogen (secondary N) is 1. The zero-order valence-corrected chi connectivity index (χ0v) is 14.9. The lowest BCUT2D eigenvalue weighted by atomic mass is 10.2. The summed E-state index contributed by atoms with van der Waals surface area (Å²) >= 11 is 0. The molecular formula is C18H16FN3O4S. The van der Waals surface area contributed by atoms with E-state index in [9.17, 15) is 17.6 Å². The van der Waals surface area contributed by atoms with Crippen LogP contribution in [0.2, 0.25) is 0 Å². The van der Waals surface area contributed by atoms with Gasteiger partial charge in [0.1, 0.15) is 5.82 Å². The zero-order valence-electron chi connectivity index (χ0n) is 14.1. The van der Waals surface area contributed by atoms with Crippen LogP contribution in [0, 0.1) is 5.82 Å². The number of hydrogen-bond donors (Lipinski definition) is 1. The van der Waals surface area contributed by atoms with Crippen LogP contribution in [0.15, 0.2) is 64.0 Å². The molecule has 0 saturated carbocycles. The molecule has 3 rings (SSSR count). The molecule has 2 aromatic carbocycles. The molecule has 0 aliphatic heterocycles. The Hall–Kier alpha value is -3.07. The molecule has 0 radical (unpaired) electrons. The second-order valence-electron chi connectivity index (χ2n) is 5.68. The monoisotopic (exact) mass is 389 g/mol. The average molecular weight is 389 g/mol. The quantitative estimate of drug-likeness (QED) is 0.666. The lowest BCUT2D eigenvalue weighted by Gasteiger charge is -2.04. The molecule has 1 N–H and O–H groups in total. The summed E-state index contributed by atoms with van der Waals surface area (Å²) in [6, 6.07) is 13.5. The molecule has 0 atom stereocenters. The molecule has 27 heavy (non-hydrogen) atoms. The highest BCUT2D eigenvalue weighted by Crippen LogP contribution is 2.16. The third kappa shape index (κ3) is 4.98. The lowest BCUT2D eigenvalue weighted by Crippen LogP contribution is -2.25. The van der Waals surface area contributed by atoms with Gasteiger partial charge in [-0.05, 0) is 36.4 Å². The summed E-state index contributed by atoms with van der Waals surface area (Å²) in [5.41, 5.74) is 0.576. The Labute approximate surface area is 155 Å². The van der Waals surface area contributed by atoms with Gasteiger partial charge in [-0.15, -0.1) is 0 Å². The second-order valence-corrected chi connectivity index (χ2v) is 7.79. The van der Waals surface area contributed by atoms with Gasteiger partial charge in [0.05, 0.1) is 17.2 Å². The fourth-order valence-electron chi connectivity index (χ4n) is 2.28. The largest absolute Gasteiger partial charge is 0.347 e. The summed E-state index contributed by atoms with van der Waals surface area (Å²) in [6.07, 6.45) is -0.184. The number of amides is 1. The van der Waals surface area contributed by atoms with Crippen LogP contribution < -0.4 is 5.32 Å². The minimum atomic E-state index is -3.52. The summed E-state index contributed by atoms with van der Waals surface area (Å²) in [4.78, 5) is 16.2. The van der Waals surface area contributed by atoms with Crippen molar-refractivity contribution in [2.45, 2.75) is 17.9 Å². The Kier molecular flexibility index (Phi) is 5.60. The third-order valence-corrected chi connectivity index (χ3v) is 5.44. The highest BCUT2D eigenvalue weighted by Gasteiger charge is 2.16. The van der Waals surface area contributed by atoms with Gasteiger partial charge >= 0.3 is 0 Å². The van der Waals surface area contributed by atoms with Gasteiger partial charge in [0.15, 0.2) is 9.84 Å². The van der Waals surface area contributed by atoms with Crippen molar-refractivity contribution in [3.63, 3.8) is 0 Å². The first-order chi connectivity index (χ1) is 12.9. The summed E-state index contributed by atoms with van der Waals surface area (Å²) < 4.78 is 42.2. The van der Waals surface area contributed by atoms with Crippen molar-refractivity contribution < 1.29 is 22.1 Å². The first-order valence-corrected chi connectivity index (χ1v) is 9.72. The van der Waals surface area contributed by atoms with Gasteiger partial charge in [0.2, 0.25) is 17.6 Å². The van der Waals surface area contributed by atoms with E-state index in [0.29, 0.717) is 5.56 Å². The van der Waals surface area contributed by atoms with Crippen LogP contribution in [0.5, 0.6) is 0 Å². The van der Waals surface area contributed by atoms with Crippen LogP contribution in [0.25, 0.3) is 11.4 Å². The summed E-state index contributed by atoms with van der Waals surface area (Å²) in [5, 5.41) is 6.30. The van der Waals surface area contributed by atoms with E-state index in [-0.39, 0.29) is 41.1 Å². The number of rotatable bonds is 7. The Bertz CT molecular complexity index is 1020. The molecule has 0 unspecified atom stereocenters. The highest BCUT2D eigenvalue weighted by molar-refractivity contribution is 7.91. The van der Waals surface area contributed by atoms with E-state index in [2.05, 4.69) is 15.5 Å². The molecular weight excluding hydrogens is 373 g/mol. The molecule has 140 valence electrons. The van der Waals surface area contributed by atoms with Crippen molar-refractivity contribution in [2.75, 3.05) is 5.75 Å². The van der Waals surface area contributed by atoms with Gasteiger partial charge < -0.3 is 9.84 Å². The lowest BCUT2D eigenvalue weighted by molar-refractivity contribution is -0.121. The zero-order chi connectivity index (χ0) is 19.3. The molecule has 1 amide bonds. The first kappa shape index (κ1) is 18.7. The molecule has 0 spiro atoms. The van der Waals surface area contributed by atoms with Crippen molar-refractivity contribution in [1.82, 2.24) is 15.5 Å². The standard InChI is InChI=1S/C18H16FN3O4S/c19-14-8-6-13(7-9-14)18-21-17(26-22-18)12-20-16(23)10-11-27(24,25)15-4-2-1-3-5-15/h1-9H,10-12H2,(H,20,23). The Morgan fingerprint density at radius 1 is 1.07 bits per heavy atom. The van der Waals surface area contributed by atoms with Crippen molar-refractivity contribution in [3.8, 4) is 11.4 Å². The van der Waals surface area contributed by atoms with E-state index >= 15 is 0 Å². The van der Waals surface area contributed by atoms with Gasteiger partial charge in [-0.25, -0.2) is 12.8 Å². The molecule has 0 saturated heterocycles. The molecule has 1 heterocycles. The Balaban J connectivity index is 1.52. The van der Waals surface area contributed by atoms with Crippen LogP contribution in [0.1, 0.15) is 12.3 Å². The number of benzene rings is 2. The van der Waals surface area contributed by atoms with Crippen LogP contribution in [-0.4, -0.2) is 30.2 Å². The number of hydrogen-bond acceptors (Lipinski definition) is 6. The molecule has 0 aliphatic carbocycles. The Morgan fingerprint density at radius 3 is 2.48 bits per heavy atom. The van der Waals surface area contributed by atoms with Crippen molar-refractivity contribution in [3.05, 3.63) is 66.3 Å². The van der Waals surface area contributed by atoms with E-state index in [4.69, 9.17) is 4.52 Å². The molecule has 0 fully saturated rings. The molecule has 0 bridgehead atoms. The van der Waals surface area contributed by atoms with Gasteiger partial charge in [0, 0.05) is 12.0 Å². The summed E-state index contributed by atoms with van der Waals surface area (Å²) in [7, 11) is -3.52. The molecule has 7 nitrogen and oxygen atoms in total. The fourth-order valence-corrected chi connectivity index (χ4v) is 3.54. The molecule has 3 aromatic rings. The van der Waals surface area contributed by atoms with E-state index < -0.39 is 15.7 Å². The van der Waals surface area contributed by atoms with Crippen molar-refractivity contribution in [2.24, 2.45) is 0 Å². The fraction of sp³-hybridized carbons (Fsp3) is 0.167. The van der Waals surface area contributed by atoms with E-state index in [1.807, 2.05) is 0 Å². The number of aromatic nitrogens is 2. The maximum absolute atomic E-state index is 12.9. The maximum atomic E-state index is 12.9. The maximum Gasteiger partial charge on any atom is 0.246 e. The van der Waals surface area contributed by atoms with Gasteiger partial charge in [-0.2, -0.15) is 4.98 Å². The van der Waals surface area contributed by atoms with Gasteiger partial charge in [-0.3, -0.25) is 4.79 Å². The van der Waals surface area contributed by atoms with Gasteiger partial charge in [0.25, 0.3) is 0 Å². The highest BCUT2D eigenvalue weighted by atomic mass is 32.2. The first-order valence-electron chi connectivity index (χ1n) is 8.07. The topological polar surface area (TPSA) is 102 Å². The Morgan fingerprint density at radius 2 is 1.78 bits per heavy atom. The third-order valence-electron chi connectivity index (χ3n) is 3.71. The SMILES string of the molecule is O=C(CCS(=O)(=O)c1ccccc1)NCc1nc(-c2ccc(F)cc2)no1. The predicted molar refractivity (Wildman–Crippen MR) is 94.7 cm³/mol. The minimum Gasteiger partial charge on any atom is -0.347 e. The number of nitrogens with zero attached hydrogens (tertiary/aromatic N) is 2. The minimum absolute atomic E-state index is 0.0294. The van der Waals surface area contributed by atoms with Crippen LogP contribution in [-0.2, 0) is 21.2 Å². The van der Waals surface area contributed by atoms with E-state index in [0.717, 1.165) is 0 Å². The molecule has 9 heteroatoms. The number of halogens is 1. The van der Waals surface area contributed by atoms with Crippen molar-refractivity contribution in [1.29, 1.82) is 0 Å². The number of carbonyl (C=O) groups excluding carboxylic acids is 1. The summed E-state index contributed by atoms with van der Waals surface area (Å²) in [5.74, 6) is -0.691. The molecule has 1 aromatic heterocycles. The number of sulfone groups is 1. The van der Waals surface area contributed by atoms with Crippen LogP contribution in [0.3, 0.4) is 0 Å². The van der Waals surface area contributed by atoms with Crippen LogP contribution >= 0.6 is 0 Å². The predicted octanol–water partition coefficient (Wildman–Crippen LogP) is 2.36. The van der Waals surface area contributed by atoms with Crippen LogP contribution in [0.4, 0.5) is 4.39 Å². The van der Waals surface area contributed by atoms with E-state index in [1.54, 1.807) is 18.2 Å². The average Bonchev–Trinajstić information content (AvgIpc) is 3.15. The van der Waals surface area contributed by atoms with Crippen molar-refractivity contribution >= 4 is 15.7 Å².